The number of hydrogen-bond acceptors (Lipinski definition) is 4. The first kappa shape index (κ1) is 15.0. The van der Waals surface area contributed by atoms with Crippen molar-refractivity contribution in [2.75, 3.05) is 5.32 Å². The number of oxazole rings is 1. The third-order valence-corrected chi connectivity index (χ3v) is 3.68. The van der Waals surface area contributed by atoms with E-state index in [-0.39, 0.29) is 5.91 Å². The summed E-state index contributed by atoms with van der Waals surface area (Å²) in [5.41, 5.74) is 2.51. The number of carbonyl (C=O) groups is 1. The van der Waals surface area contributed by atoms with Crippen molar-refractivity contribution in [3.8, 4) is 11.5 Å². The number of para-hydroxylation sites is 1. The van der Waals surface area contributed by atoms with Gasteiger partial charge in [-0.2, -0.15) is 0 Å². The molecule has 5 nitrogen and oxygen atoms in total. The summed E-state index contributed by atoms with van der Waals surface area (Å²) >= 11 is 0. The van der Waals surface area contributed by atoms with Gasteiger partial charge in [-0.3, -0.25) is 4.79 Å². The van der Waals surface area contributed by atoms with Gasteiger partial charge < -0.3 is 14.5 Å². The minimum Gasteiger partial charge on any atom is -0.457 e. The molecule has 1 N–H and O–H groups in total. The number of fused-ring (bicyclic) bond motifs is 1. The highest BCUT2D eigenvalue weighted by Crippen LogP contribution is 2.23. The van der Waals surface area contributed by atoms with Crippen molar-refractivity contribution in [3.63, 3.8) is 0 Å². The molecule has 25 heavy (non-hydrogen) atoms. The van der Waals surface area contributed by atoms with E-state index in [0.29, 0.717) is 28.1 Å². The molecule has 0 radical (unpaired) electrons. The van der Waals surface area contributed by atoms with Gasteiger partial charge in [0.05, 0.1) is 0 Å². The second kappa shape index (κ2) is 6.49. The van der Waals surface area contributed by atoms with Crippen LogP contribution in [0.3, 0.4) is 0 Å². The third-order valence-electron chi connectivity index (χ3n) is 3.68. The van der Waals surface area contributed by atoms with E-state index in [1.165, 1.54) is 6.39 Å². The lowest BCUT2D eigenvalue weighted by Crippen LogP contribution is -2.11. The smallest absolute Gasteiger partial charge is 0.255 e. The zero-order valence-corrected chi connectivity index (χ0v) is 13.2. The van der Waals surface area contributed by atoms with Crippen LogP contribution in [-0.4, -0.2) is 10.9 Å². The molecule has 0 unspecified atom stereocenters. The molecular formula is C20H14N2O3. The highest BCUT2D eigenvalue weighted by molar-refractivity contribution is 6.05. The largest absolute Gasteiger partial charge is 0.457 e. The molecule has 1 amide bonds. The standard InChI is InChI=1S/C20H14N2O3/c23-20(14-6-11-19-18(12-14)21-13-24-19)22-15-7-9-17(10-8-15)25-16-4-2-1-3-5-16/h1-13H,(H,22,23). The van der Waals surface area contributed by atoms with Crippen molar-refractivity contribution in [2.24, 2.45) is 0 Å². The first-order valence-corrected chi connectivity index (χ1v) is 7.75. The van der Waals surface area contributed by atoms with Crippen LogP contribution in [0, 0.1) is 0 Å². The number of aromatic nitrogens is 1. The number of ether oxygens (including phenoxy) is 1. The minimum absolute atomic E-state index is 0.207. The van der Waals surface area contributed by atoms with Gasteiger partial charge in [0.15, 0.2) is 12.0 Å². The number of hydrogen-bond donors (Lipinski definition) is 1. The molecule has 4 aromatic rings. The normalized spacial score (nSPS) is 10.6. The second-order valence-electron chi connectivity index (χ2n) is 5.43. The predicted octanol–water partition coefficient (Wildman–Crippen LogP) is 4.87. The van der Waals surface area contributed by atoms with E-state index in [2.05, 4.69) is 10.3 Å². The summed E-state index contributed by atoms with van der Waals surface area (Å²) in [5, 5.41) is 2.85. The maximum absolute atomic E-state index is 12.4. The Labute approximate surface area is 143 Å². The number of benzene rings is 3. The Morgan fingerprint density at radius 3 is 2.48 bits per heavy atom. The van der Waals surface area contributed by atoms with Gasteiger partial charge in [0, 0.05) is 11.3 Å². The van der Waals surface area contributed by atoms with Gasteiger partial charge in [0.1, 0.15) is 17.0 Å². The molecule has 1 heterocycles. The summed E-state index contributed by atoms with van der Waals surface area (Å²) in [6.45, 7) is 0. The summed E-state index contributed by atoms with van der Waals surface area (Å²) in [7, 11) is 0. The fourth-order valence-corrected chi connectivity index (χ4v) is 2.43. The highest BCUT2D eigenvalue weighted by Gasteiger charge is 2.09. The Hall–Kier alpha value is -3.60. The number of rotatable bonds is 4. The van der Waals surface area contributed by atoms with Crippen LogP contribution in [0.25, 0.3) is 11.1 Å². The van der Waals surface area contributed by atoms with E-state index in [9.17, 15) is 4.79 Å². The Morgan fingerprint density at radius 2 is 1.68 bits per heavy atom. The first-order valence-electron chi connectivity index (χ1n) is 7.75. The molecule has 4 rings (SSSR count). The molecule has 0 fully saturated rings. The molecule has 0 aliphatic heterocycles. The molecule has 0 atom stereocenters. The van der Waals surface area contributed by atoms with Gasteiger partial charge >= 0.3 is 0 Å². The summed E-state index contributed by atoms with van der Waals surface area (Å²) in [4.78, 5) is 16.4. The number of anilines is 1. The maximum Gasteiger partial charge on any atom is 0.255 e. The van der Waals surface area contributed by atoms with Crippen LogP contribution in [0.1, 0.15) is 10.4 Å². The van der Waals surface area contributed by atoms with E-state index in [1.54, 1.807) is 30.3 Å². The van der Waals surface area contributed by atoms with Crippen LogP contribution < -0.4 is 10.1 Å². The van der Waals surface area contributed by atoms with Gasteiger partial charge in [0.2, 0.25) is 0 Å². The van der Waals surface area contributed by atoms with Crippen LogP contribution in [-0.2, 0) is 0 Å². The average Bonchev–Trinajstić information content (AvgIpc) is 3.12. The quantitative estimate of drug-likeness (QED) is 0.579. The predicted molar refractivity (Wildman–Crippen MR) is 94.9 cm³/mol. The van der Waals surface area contributed by atoms with Crippen molar-refractivity contribution < 1.29 is 13.9 Å². The van der Waals surface area contributed by atoms with Crippen LogP contribution in [0.5, 0.6) is 11.5 Å². The Bertz CT molecular complexity index is 1010. The summed E-state index contributed by atoms with van der Waals surface area (Å²) in [6.07, 6.45) is 1.36. The van der Waals surface area contributed by atoms with E-state index >= 15 is 0 Å². The lowest BCUT2D eigenvalue weighted by atomic mass is 10.2. The van der Waals surface area contributed by atoms with Crippen molar-refractivity contribution in [2.45, 2.75) is 0 Å². The Kier molecular flexibility index (Phi) is 3.88. The molecule has 1 aromatic heterocycles. The summed E-state index contributed by atoms with van der Waals surface area (Å²) in [6, 6.07) is 21.9. The van der Waals surface area contributed by atoms with E-state index in [4.69, 9.17) is 9.15 Å². The zero-order chi connectivity index (χ0) is 17.1. The van der Waals surface area contributed by atoms with Crippen LogP contribution in [0.15, 0.2) is 83.6 Å². The SMILES string of the molecule is O=C(Nc1ccc(Oc2ccccc2)cc1)c1ccc2ocnc2c1. The molecule has 0 bridgehead atoms. The lowest BCUT2D eigenvalue weighted by Gasteiger charge is -2.08. The van der Waals surface area contributed by atoms with E-state index in [1.807, 2.05) is 42.5 Å². The molecule has 122 valence electrons. The van der Waals surface area contributed by atoms with Crippen molar-refractivity contribution in [1.82, 2.24) is 4.98 Å². The Morgan fingerprint density at radius 1 is 0.920 bits per heavy atom. The summed E-state index contributed by atoms with van der Waals surface area (Å²) < 4.78 is 10.9. The first-order chi connectivity index (χ1) is 12.3. The van der Waals surface area contributed by atoms with Crippen molar-refractivity contribution in [3.05, 3.63) is 84.8 Å². The van der Waals surface area contributed by atoms with Crippen LogP contribution in [0.4, 0.5) is 5.69 Å². The molecule has 3 aromatic carbocycles. The zero-order valence-electron chi connectivity index (χ0n) is 13.2. The monoisotopic (exact) mass is 330 g/mol. The molecule has 5 heteroatoms. The third kappa shape index (κ3) is 3.35. The fraction of sp³-hybridized carbons (Fsp3) is 0. The number of amides is 1. The number of nitrogens with zero attached hydrogens (tertiary/aromatic N) is 1. The van der Waals surface area contributed by atoms with Crippen LogP contribution in [0.2, 0.25) is 0 Å². The van der Waals surface area contributed by atoms with Gasteiger partial charge in [-0.1, -0.05) is 18.2 Å². The molecule has 0 aliphatic carbocycles. The summed E-state index contributed by atoms with van der Waals surface area (Å²) in [5.74, 6) is 1.26. The maximum atomic E-state index is 12.4. The highest BCUT2D eigenvalue weighted by atomic mass is 16.5. The van der Waals surface area contributed by atoms with Crippen molar-refractivity contribution >= 4 is 22.7 Å². The topological polar surface area (TPSA) is 64.4 Å². The molecular weight excluding hydrogens is 316 g/mol. The average molecular weight is 330 g/mol. The van der Waals surface area contributed by atoms with E-state index in [0.717, 1.165) is 5.75 Å². The molecule has 0 saturated heterocycles. The Balaban J connectivity index is 1.46. The molecule has 0 saturated carbocycles. The van der Waals surface area contributed by atoms with Crippen LogP contribution >= 0.6 is 0 Å². The van der Waals surface area contributed by atoms with E-state index < -0.39 is 0 Å². The number of carbonyl (C=O) groups excluding carboxylic acids is 1. The van der Waals surface area contributed by atoms with Crippen molar-refractivity contribution in [1.29, 1.82) is 0 Å². The minimum atomic E-state index is -0.207. The van der Waals surface area contributed by atoms with Gasteiger partial charge in [-0.15, -0.1) is 0 Å². The van der Waals surface area contributed by atoms with Gasteiger partial charge in [0.25, 0.3) is 5.91 Å². The fourth-order valence-electron chi connectivity index (χ4n) is 2.43. The lowest BCUT2D eigenvalue weighted by molar-refractivity contribution is 0.102. The van der Waals surface area contributed by atoms with Gasteiger partial charge in [-0.05, 0) is 54.6 Å². The molecule has 0 aliphatic rings. The van der Waals surface area contributed by atoms with Gasteiger partial charge in [-0.25, -0.2) is 4.98 Å². The molecule has 0 spiro atoms. The number of nitrogens with one attached hydrogen (secondary N) is 1. The second-order valence-corrected chi connectivity index (χ2v) is 5.43.